The van der Waals surface area contributed by atoms with Gasteiger partial charge in [0.15, 0.2) is 0 Å². The molecule has 1 aliphatic heterocycles. The number of hydrogen-bond acceptors (Lipinski definition) is 4. The van der Waals surface area contributed by atoms with Gasteiger partial charge in [-0.15, -0.1) is 0 Å². The van der Waals surface area contributed by atoms with Gasteiger partial charge in [-0.1, -0.05) is 11.6 Å². The number of nitrogens with zero attached hydrogens (tertiary/aromatic N) is 3. The van der Waals surface area contributed by atoms with E-state index in [-0.39, 0.29) is 17.4 Å². The molecule has 0 amide bonds. The van der Waals surface area contributed by atoms with Crippen molar-refractivity contribution < 1.29 is 4.74 Å². The van der Waals surface area contributed by atoms with Crippen molar-refractivity contribution in [2.75, 3.05) is 18.0 Å². The number of pyridine rings is 1. The van der Waals surface area contributed by atoms with Crippen LogP contribution in [0.15, 0.2) is 6.07 Å². The van der Waals surface area contributed by atoms with Crippen molar-refractivity contribution in [3.05, 3.63) is 22.3 Å². The fourth-order valence-corrected chi connectivity index (χ4v) is 2.56. The summed E-state index contributed by atoms with van der Waals surface area (Å²) in [6, 6.07) is 3.99. The summed E-state index contributed by atoms with van der Waals surface area (Å²) in [4.78, 5) is 6.46. The number of anilines is 1. The van der Waals surface area contributed by atoms with E-state index in [9.17, 15) is 0 Å². The van der Waals surface area contributed by atoms with E-state index in [0.717, 1.165) is 24.5 Å². The molecule has 1 aromatic rings. The minimum Gasteiger partial charge on any atom is -0.372 e. The van der Waals surface area contributed by atoms with E-state index in [1.165, 1.54) is 0 Å². The Balaban J connectivity index is 2.32. The van der Waals surface area contributed by atoms with E-state index >= 15 is 0 Å². The fourth-order valence-electron chi connectivity index (χ4n) is 2.28. The van der Waals surface area contributed by atoms with Crippen molar-refractivity contribution >= 4 is 17.4 Å². The zero-order valence-electron chi connectivity index (χ0n) is 10.8. The summed E-state index contributed by atoms with van der Waals surface area (Å²) in [7, 11) is 0. The van der Waals surface area contributed by atoms with Crippen LogP contribution >= 0.6 is 11.6 Å². The van der Waals surface area contributed by atoms with Gasteiger partial charge in [0.1, 0.15) is 17.0 Å². The van der Waals surface area contributed by atoms with Crippen LogP contribution in [0.25, 0.3) is 0 Å². The lowest BCUT2D eigenvalue weighted by atomic mass is 10.1. The van der Waals surface area contributed by atoms with E-state index < -0.39 is 0 Å². The molecule has 4 nitrogen and oxygen atoms in total. The number of hydrogen-bond donors (Lipinski definition) is 0. The van der Waals surface area contributed by atoms with Crippen LogP contribution in [0.5, 0.6) is 0 Å². The largest absolute Gasteiger partial charge is 0.372 e. The lowest BCUT2D eigenvalue weighted by Gasteiger charge is -2.36. The summed E-state index contributed by atoms with van der Waals surface area (Å²) in [5.74, 6) is 0.818. The first-order valence-electron chi connectivity index (χ1n) is 5.99. The molecule has 0 spiro atoms. The minimum absolute atomic E-state index is 0.172. The second kappa shape index (κ2) is 5.13. The maximum Gasteiger partial charge on any atom is 0.149 e. The molecular formula is C13H16ClN3O. The van der Waals surface area contributed by atoms with Gasteiger partial charge in [0.2, 0.25) is 0 Å². The van der Waals surface area contributed by atoms with Crippen molar-refractivity contribution in [3.63, 3.8) is 0 Å². The second-order valence-electron chi connectivity index (χ2n) is 4.74. The van der Waals surface area contributed by atoms with Crippen LogP contribution < -0.4 is 4.90 Å². The Morgan fingerprint density at radius 2 is 2.06 bits per heavy atom. The van der Waals surface area contributed by atoms with Crippen LogP contribution in [0.4, 0.5) is 5.82 Å². The second-order valence-corrected chi connectivity index (χ2v) is 5.10. The van der Waals surface area contributed by atoms with Crippen LogP contribution in [0, 0.1) is 18.3 Å². The van der Waals surface area contributed by atoms with Gasteiger partial charge in [0.25, 0.3) is 0 Å². The molecule has 96 valence electrons. The molecule has 0 saturated carbocycles. The molecule has 0 N–H and O–H groups in total. The highest BCUT2D eigenvalue weighted by molar-refractivity contribution is 6.30. The number of ether oxygens (including phenoxy) is 1. The van der Waals surface area contributed by atoms with Crippen molar-refractivity contribution in [2.24, 2.45) is 0 Å². The molecule has 0 unspecified atom stereocenters. The van der Waals surface area contributed by atoms with Crippen LogP contribution in [-0.2, 0) is 4.74 Å². The lowest BCUT2D eigenvalue weighted by Crippen LogP contribution is -2.45. The topological polar surface area (TPSA) is 49.1 Å². The number of morpholine rings is 1. The van der Waals surface area contributed by atoms with Gasteiger partial charge in [-0.25, -0.2) is 4.98 Å². The maximum atomic E-state index is 8.98. The lowest BCUT2D eigenvalue weighted by molar-refractivity contribution is -0.00546. The summed E-state index contributed by atoms with van der Waals surface area (Å²) in [6.45, 7) is 7.54. The number of aryl methyl sites for hydroxylation is 1. The van der Waals surface area contributed by atoms with Gasteiger partial charge in [-0.3, -0.25) is 0 Å². The number of nitriles is 1. The van der Waals surface area contributed by atoms with E-state index in [1.54, 1.807) is 0 Å². The van der Waals surface area contributed by atoms with Gasteiger partial charge < -0.3 is 9.64 Å². The molecule has 1 aromatic heterocycles. The van der Waals surface area contributed by atoms with E-state index in [1.807, 2.05) is 26.8 Å². The molecule has 0 bridgehead atoms. The zero-order valence-corrected chi connectivity index (χ0v) is 11.5. The van der Waals surface area contributed by atoms with Crippen molar-refractivity contribution in [1.29, 1.82) is 5.26 Å². The minimum atomic E-state index is 0.172. The molecule has 1 fully saturated rings. The standard InChI is InChI=1S/C13H16ClN3O/c1-8-4-12(16-13(14)11(8)5-15)17-6-9(2)18-10(3)7-17/h4,9-10H,6-7H2,1-3H3/t9-,10-/m1/s1. The smallest absolute Gasteiger partial charge is 0.149 e. The molecule has 1 saturated heterocycles. The summed E-state index contributed by atoms with van der Waals surface area (Å²) in [5.41, 5.74) is 1.31. The third-order valence-electron chi connectivity index (χ3n) is 3.01. The highest BCUT2D eigenvalue weighted by Crippen LogP contribution is 2.25. The van der Waals surface area contributed by atoms with Gasteiger partial charge in [0.05, 0.1) is 17.8 Å². The molecule has 0 aliphatic carbocycles. The molecule has 2 atom stereocenters. The normalized spacial score (nSPS) is 23.8. The molecule has 0 aromatic carbocycles. The summed E-state index contributed by atoms with van der Waals surface area (Å²) < 4.78 is 5.69. The van der Waals surface area contributed by atoms with E-state index in [2.05, 4.69) is 16.0 Å². The maximum absolute atomic E-state index is 8.98. The predicted molar refractivity (Wildman–Crippen MR) is 70.9 cm³/mol. The number of aromatic nitrogens is 1. The molecule has 2 heterocycles. The fraction of sp³-hybridized carbons (Fsp3) is 0.538. The quantitative estimate of drug-likeness (QED) is 0.732. The highest BCUT2D eigenvalue weighted by Gasteiger charge is 2.24. The van der Waals surface area contributed by atoms with Crippen molar-refractivity contribution in [2.45, 2.75) is 33.0 Å². The molecular weight excluding hydrogens is 250 g/mol. The SMILES string of the molecule is Cc1cc(N2C[C@@H](C)O[C@H](C)C2)nc(Cl)c1C#N. The Kier molecular flexibility index (Phi) is 3.74. The predicted octanol–water partition coefficient (Wildman–Crippen LogP) is 2.53. The molecule has 2 rings (SSSR count). The number of halogens is 1. The molecule has 18 heavy (non-hydrogen) atoms. The third-order valence-corrected chi connectivity index (χ3v) is 3.29. The third kappa shape index (κ3) is 2.58. The van der Waals surface area contributed by atoms with Gasteiger partial charge >= 0.3 is 0 Å². The summed E-state index contributed by atoms with van der Waals surface area (Å²) in [6.07, 6.45) is 0.343. The highest BCUT2D eigenvalue weighted by atomic mass is 35.5. The van der Waals surface area contributed by atoms with Gasteiger partial charge in [-0.2, -0.15) is 5.26 Å². The van der Waals surface area contributed by atoms with E-state index in [4.69, 9.17) is 21.6 Å². The van der Waals surface area contributed by atoms with Crippen LogP contribution in [0.2, 0.25) is 5.15 Å². The van der Waals surface area contributed by atoms with Crippen molar-refractivity contribution in [3.8, 4) is 6.07 Å². The Morgan fingerprint density at radius 1 is 1.44 bits per heavy atom. The first kappa shape index (κ1) is 13.1. The average molecular weight is 266 g/mol. The van der Waals surface area contributed by atoms with Crippen LogP contribution in [0.3, 0.4) is 0 Å². The Bertz CT molecular complexity index is 464. The zero-order chi connectivity index (χ0) is 13.3. The molecule has 5 heteroatoms. The Morgan fingerprint density at radius 3 is 2.56 bits per heavy atom. The first-order valence-corrected chi connectivity index (χ1v) is 6.36. The van der Waals surface area contributed by atoms with Crippen molar-refractivity contribution in [1.82, 2.24) is 4.98 Å². The Hall–Kier alpha value is -1.31. The average Bonchev–Trinajstić information content (AvgIpc) is 2.27. The monoisotopic (exact) mass is 265 g/mol. The molecule has 1 aliphatic rings. The van der Waals surface area contributed by atoms with Crippen LogP contribution in [-0.4, -0.2) is 30.3 Å². The van der Waals surface area contributed by atoms with Crippen LogP contribution in [0.1, 0.15) is 25.0 Å². The Labute approximate surface area is 112 Å². The van der Waals surface area contributed by atoms with Gasteiger partial charge in [-0.05, 0) is 32.4 Å². The number of rotatable bonds is 1. The summed E-state index contributed by atoms with van der Waals surface area (Å²) >= 11 is 6.04. The molecule has 0 radical (unpaired) electrons. The summed E-state index contributed by atoms with van der Waals surface area (Å²) in [5, 5.41) is 9.25. The van der Waals surface area contributed by atoms with Gasteiger partial charge in [0, 0.05) is 13.1 Å². The van der Waals surface area contributed by atoms with E-state index in [0.29, 0.717) is 5.56 Å². The first-order chi connectivity index (χ1) is 8.51.